The van der Waals surface area contributed by atoms with Gasteiger partial charge in [0, 0.05) is 38.3 Å². The molecule has 0 unspecified atom stereocenters. The number of anilines is 1. The van der Waals surface area contributed by atoms with Gasteiger partial charge in [0.05, 0.1) is 5.69 Å². The number of carboxylic acids is 2. The highest BCUT2D eigenvalue weighted by atomic mass is 19.1. The lowest BCUT2D eigenvalue weighted by atomic mass is 9.85. The highest BCUT2D eigenvalue weighted by Gasteiger charge is 2.31. The third kappa shape index (κ3) is 6.65. The Morgan fingerprint density at radius 2 is 1.28 bits per heavy atom. The Morgan fingerprint density at radius 1 is 0.781 bits per heavy atom. The summed E-state index contributed by atoms with van der Waals surface area (Å²) in [5, 5.41) is 14.8. The van der Waals surface area contributed by atoms with Gasteiger partial charge in [-0.25, -0.2) is 14.0 Å². The number of aliphatic carboxylic acids is 2. The van der Waals surface area contributed by atoms with E-state index in [0.29, 0.717) is 0 Å². The van der Waals surface area contributed by atoms with E-state index in [4.69, 9.17) is 19.8 Å². The van der Waals surface area contributed by atoms with Crippen LogP contribution >= 0.6 is 0 Å². The Labute approximate surface area is 189 Å². The Balaban J connectivity index is 0.000000427. The van der Waals surface area contributed by atoms with Crippen molar-refractivity contribution in [2.24, 2.45) is 5.92 Å². The van der Waals surface area contributed by atoms with Gasteiger partial charge >= 0.3 is 11.9 Å². The maximum Gasteiger partial charge on any atom is 0.414 e. The van der Waals surface area contributed by atoms with Crippen molar-refractivity contribution in [2.75, 3.05) is 44.2 Å². The standard InChI is InChI=1S/C22H34FN3.C2H2O4/c1-18-6-8-19(9-7-18)24-12-10-20(11-13-24)25-14-16-26(17-15-25)22-5-3-2-4-21(22)23;3-1(4)2(5)6/h2-5,18-20H,6-17H2,1H3;(H,3,4)(H,5,6). The molecule has 2 aliphatic heterocycles. The van der Waals surface area contributed by atoms with Gasteiger partial charge in [0.1, 0.15) is 5.82 Å². The van der Waals surface area contributed by atoms with Crippen molar-refractivity contribution in [3.8, 4) is 0 Å². The molecule has 7 nitrogen and oxygen atoms in total. The van der Waals surface area contributed by atoms with Crippen LogP contribution in [0.25, 0.3) is 0 Å². The van der Waals surface area contributed by atoms with Gasteiger partial charge in [-0.2, -0.15) is 0 Å². The smallest absolute Gasteiger partial charge is 0.414 e. The number of piperazine rings is 1. The fraction of sp³-hybridized carbons (Fsp3) is 0.667. The second-order valence-corrected chi connectivity index (χ2v) is 9.27. The summed E-state index contributed by atoms with van der Waals surface area (Å²) < 4.78 is 14.0. The van der Waals surface area contributed by atoms with Crippen molar-refractivity contribution in [1.29, 1.82) is 0 Å². The van der Waals surface area contributed by atoms with Gasteiger partial charge in [0.25, 0.3) is 0 Å². The molecule has 4 rings (SSSR count). The van der Waals surface area contributed by atoms with Crippen molar-refractivity contribution in [1.82, 2.24) is 9.80 Å². The normalized spacial score (nSPS) is 25.6. The minimum atomic E-state index is -1.82. The van der Waals surface area contributed by atoms with Gasteiger partial charge in [0.2, 0.25) is 0 Å². The SMILES string of the molecule is CC1CCC(N2CCC(N3CCN(c4ccccc4F)CC3)CC2)CC1.O=C(O)C(=O)O. The highest BCUT2D eigenvalue weighted by Crippen LogP contribution is 2.30. The van der Waals surface area contributed by atoms with Crippen molar-refractivity contribution >= 4 is 17.6 Å². The van der Waals surface area contributed by atoms with Crippen LogP contribution in [0.2, 0.25) is 0 Å². The molecule has 0 radical (unpaired) electrons. The first kappa shape index (κ1) is 24.5. The van der Waals surface area contributed by atoms with E-state index in [9.17, 15) is 4.39 Å². The summed E-state index contributed by atoms with van der Waals surface area (Å²) in [5.74, 6) is -2.80. The number of para-hydroxylation sites is 1. The topological polar surface area (TPSA) is 84.3 Å². The summed E-state index contributed by atoms with van der Waals surface area (Å²) in [7, 11) is 0. The van der Waals surface area contributed by atoms with E-state index >= 15 is 0 Å². The number of hydrogen-bond acceptors (Lipinski definition) is 5. The Morgan fingerprint density at radius 3 is 1.81 bits per heavy atom. The van der Waals surface area contributed by atoms with E-state index in [0.717, 1.165) is 49.9 Å². The third-order valence-electron chi connectivity index (χ3n) is 7.21. The second-order valence-electron chi connectivity index (χ2n) is 9.27. The zero-order valence-corrected chi connectivity index (χ0v) is 19.0. The molecule has 0 aromatic heterocycles. The minimum Gasteiger partial charge on any atom is -0.473 e. The number of carbonyl (C=O) groups is 2. The molecule has 178 valence electrons. The maximum atomic E-state index is 14.0. The van der Waals surface area contributed by atoms with E-state index in [2.05, 4.69) is 21.6 Å². The van der Waals surface area contributed by atoms with Gasteiger partial charge in [-0.05, 0) is 69.7 Å². The molecular weight excluding hydrogens is 413 g/mol. The van der Waals surface area contributed by atoms with Crippen LogP contribution < -0.4 is 4.90 Å². The van der Waals surface area contributed by atoms with E-state index in [1.165, 1.54) is 51.6 Å². The number of benzene rings is 1. The van der Waals surface area contributed by atoms with E-state index in [1.807, 2.05) is 12.1 Å². The number of carboxylic acid groups (broad SMARTS) is 2. The van der Waals surface area contributed by atoms with Crippen molar-refractivity contribution in [3.05, 3.63) is 30.1 Å². The number of hydrogen-bond donors (Lipinski definition) is 2. The lowest BCUT2D eigenvalue weighted by molar-refractivity contribution is -0.159. The van der Waals surface area contributed by atoms with Crippen molar-refractivity contribution < 1.29 is 24.2 Å². The molecule has 1 aromatic rings. The average molecular weight is 450 g/mol. The van der Waals surface area contributed by atoms with Crippen LogP contribution in [0.5, 0.6) is 0 Å². The van der Waals surface area contributed by atoms with E-state index in [1.54, 1.807) is 12.1 Å². The summed E-state index contributed by atoms with van der Waals surface area (Å²) in [6.45, 7) is 8.99. The van der Waals surface area contributed by atoms with Crippen LogP contribution in [0.3, 0.4) is 0 Å². The maximum absolute atomic E-state index is 14.0. The Bertz CT molecular complexity index is 741. The molecule has 32 heavy (non-hydrogen) atoms. The van der Waals surface area contributed by atoms with Gasteiger partial charge in [-0.1, -0.05) is 19.1 Å². The van der Waals surface area contributed by atoms with Gasteiger partial charge in [-0.15, -0.1) is 0 Å². The second kappa shape index (κ2) is 11.6. The number of rotatable bonds is 3. The first-order valence-electron chi connectivity index (χ1n) is 11.8. The molecular formula is C24H36FN3O4. The summed E-state index contributed by atoms with van der Waals surface area (Å²) in [6, 6.07) is 8.78. The van der Waals surface area contributed by atoms with Crippen molar-refractivity contribution in [3.63, 3.8) is 0 Å². The average Bonchev–Trinajstić information content (AvgIpc) is 2.81. The molecule has 1 saturated carbocycles. The van der Waals surface area contributed by atoms with Crippen LogP contribution in [0.4, 0.5) is 10.1 Å². The predicted octanol–water partition coefficient (Wildman–Crippen LogP) is 3.15. The molecule has 0 spiro atoms. The Kier molecular flexibility index (Phi) is 8.87. The zero-order valence-electron chi connectivity index (χ0n) is 19.0. The van der Waals surface area contributed by atoms with Gasteiger partial charge < -0.3 is 20.0 Å². The highest BCUT2D eigenvalue weighted by molar-refractivity contribution is 6.27. The van der Waals surface area contributed by atoms with E-state index < -0.39 is 11.9 Å². The predicted molar refractivity (Wildman–Crippen MR) is 121 cm³/mol. The first-order valence-corrected chi connectivity index (χ1v) is 11.8. The molecule has 1 aromatic carbocycles. The van der Waals surface area contributed by atoms with Crippen LogP contribution in [-0.2, 0) is 9.59 Å². The number of nitrogens with zero attached hydrogens (tertiary/aromatic N) is 3. The molecule has 1 aliphatic carbocycles. The van der Waals surface area contributed by atoms with Crippen LogP contribution in [0, 0.1) is 11.7 Å². The lowest BCUT2D eigenvalue weighted by Crippen LogP contribution is -2.54. The summed E-state index contributed by atoms with van der Waals surface area (Å²) in [6.07, 6.45) is 8.28. The quantitative estimate of drug-likeness (QED) is 0.686. The zero-order chi connectivity index (χ0) is 23.1. The molecule has 3 fully saturated rings. The number of likely N-dealkylation sites (tertiary alicyclic amines) is 1. The first-order chi connectivity index (χ1) is 15.3. The van der Waals surface area contributed by atoms with Crippen molar-refractivity contribution in [2.45, 2.75) is 57.5 Å². The fourth-order valence-electron chi connectivity index (χ4n) is 5.26. The van der Waals surface area contributed by atoms with Gasteiger partial charge in [0.15, 0.2) is 0 Å². The number of halogens is 1. The molecule has 0 atom stereocenters. The van der Waals surface area contributed by atoms with Crippen LogP contribution in [0.15, 0.2) is 24.3 Å². The number of piperidine rings is 1. The third-order valence-corrected chi connectivity index (χ3v) is 7.21. The monoisotopic (exact) mass is 449 g/mol. The molecule has 8 heteroatoms. The molecule has 2 N–H and O–H groups in total. The summed E-state index contributed by atoms with van der Waals surface area (Å²) >= 11 is 0. The Hall–Kier alpha value is -2.19. The fourth-order valence-corrected chi connectivity index (χ4v) is 5.26. The minimum absolute atomic E-state index is 0.0870. The van der Waals surface area contributed by atoms with Crippen LogP contribution in [-0.4, -0.2) is 83.3 Å². The summed E-state index contributed by atoms with van der Waals surface area (Å²) in [4.78, 5) is 25.9. The molecule has 2 heterocycles. The summed E-state index contributed by atoms with van der Waals surface area (Å²) in [5.41, 5.74) is 0.772. The molecule has 3 aliphatic rings. The molecule has 2 saturated heterocycles. The molecule has 0 amide bonds. The molecule has 0 bridgehead atoms. The van der Waals surface area contributed by atoms with E-state index in [-0.39, 0.29) is 5.82 Å². The lowest BCUT2D eigenvalue weighted by Gasteiger charge is -2.45. The van der Waals surface area contributed by atoms with Gasteiger partial charge in [-0.3, -0.25) is 4.90 Å². The largest absolute Gasteiger partial charge is 0.473 e. The van der Waals surface area contributed by atoms with Crippen LogP contribution in [0.1, 0.15) is 45.4 Å².